The average molecular weight is 656 g/mol. The van der Waals surface area contributed by atoms with Crippen molar-refractivity contribution in [3.05, 3.63) is 65.7 Å². The van der Waals surface area contributed by atoms with Crippen molar-refractivity contribution in [1.82, 2.24) is 0 Å². The molecule has 17 nitrogen and oxygen atoms in total. The SMILES string of the molecule is Nc1ccc2cc(S(=O)(=O)O)c(N=Nc3cc(OCCO)c(N=Nc4cc(C(=O)O)ccc4C(=O)O)cc3OCCO)c(O)c2c1. The molecule has 0 saturated carbocycles. The predicted molar refractivity (Wildman–Crippen MR) is 160 cm³/mol. The minimum absolute atomic E-state index is 0.105. The van der Waals surface area contributed by atoms with E-state index in [1.165, 1.54) is 30.3 Å². The molecule has 240 valence electrons. The van der Waals surface area contributed by atoms with Gasteiger partial charge in [0.2, 0.25) is 0 Å². The van der Waals surface area contributed by atoms with Crippen molar-refractivity contribution in [2.75, 3.05) is 32.2 Å². The largest absolute Gasteiger partial charge is 0.505 e. The third-order valence-electron chi connectivity index (χ3n) is 6.09. The van der Waals surface area contributed by atoms with E-state index >= 15 is 0 Å². The lowest BCUT2D eigenvalue weighted by molar-refractivity contribution is 0.0682. The maximum Gasteiger partial charge on any atom is 0.337 e. The van der Waals surface area contributed by atoms with Gasteiger partial charge in [-0.1, -0.05) is 6.07 Å². The average Bonchev–Trinajstić information content (AvgIpc) is 3.01. The summed E-state index contributed by atoms with van der Waals surface area (Å²) in [5.74, 6) is -3.68. The number of aliphatic hydroxyl groups is 2. The van der Waals surface area contributed by atoms with Crippen molar-refractivity contribution >= 4 is 61.3 Å². The van der Waals surface area contributed by atoms with E-state index in [1.807, 2.05) is 0 Å². The number of anilines is 1. The molecule has 18 heteroatoms. The number of carbonyl (C=O) groups is 2. The highest BCUT2D eigenvalue weighted by Crippen LogP contribution is 2.45. The quantitative estimate of drug-likeness (QED) is 0.0600. The molecule has 0 fully saturated rings. The van der Waals surface area contributed by atoms with Crippen molar-refractivity contribution in [2.45, 2.75) is 4.90 Å². The standard InChI is InChI=1S/C28H25N5O12S/c29-16-3-1-14-10-24(46(41,42)43)25(26(36)18(14)11-16)33-32-21-13-22(44-7-5-34)20(12-23(21)45-8-6-35)31-30-19-9-15(27(37)38)2-4-17(19)28(39)40/h1-4,9-13,34-36H,5-8,29H2,(H,37,38)(H,39,40)(H,41,42,43). The Morgan fingerprint density at radius 2 is 1.35 bits per heavy atom. The van der Waals surface area contributed by atoms with Crippen LogP contribution in [-0.2, 0) is 10.1 Å². The van der Waals surface area contributed by atoms with E-state index in [2.05, 4.69) is 20.5 Å². The van der Waals surface area contributed by atoms with Gasteiger partial charge in [-0.2, -0.15) is 8.42 Å². The van der Waals surface area contributed by atoms with Crippen LogP contribution in [0.15, 0.2) is 79.9 Å². The molecule has 0 radical (unpaired) electrons. The minimum atomic E-state index is -4.93. The maximum absolute atomic E-state index is 12.2. The molecular formula is C28H25N5O12S. The molecule has 46 heavy (non-hydrogen) atoms. The van der Waals surface area contributed by atoms with Crippen LogP contribution in [0.5, 0.6) is 17.2 Å². The molecule has 0 aliphatic carbocycles. The van der Waals surface area contributed by atoms with Crippen LogP contribution < -0.4 is 15.2 Å². The first-order valence-corrected chi connectivity index (χ1v) is 14.4. The normalized spacial score (nSPS) is 11.8. The van der Waals surface area contributed by atoms with Gasteiger partial charge >= 0.3 is 11.9 Å². The van der Waals surface area contributed by atoms with Gasteiger partial charge in [0.1, 0.15) is 52.4 Å². The van der Waals surface area contributed by atoms with Crippen LogP contribution in [0.1, 0.15) is 20.7 Å². The number of phenols is 1. The Bertz CT molecular complexity index is 2000. The van der Waals surface area contributed by atoms with Gasteiger partial charge in [-0.15, -0.1) is 20.5 Å². The smallest absolute Gasteiger partial charge is 0.337 e. The van der Waals surface area contributed by atoms with Crippen LogP contribution in [0.4, 0.5) is 28.4 Å². The number of rotatable bonds is 13. The lowest BCUT2D eigenvalue weighted by Crippen LogP contribution is -2.04. The molecule has 0 spiro atoms. The van der Waals surface area contributed by atoms with Gasteiger partial charge in [-0.25, -0.2) is 9.59 Å². The first-order chi connectivity index (χ1) is 21.8. The zero-order valence-electron chi connectivity index (χ0n) is 23.4. The molecule has 4 aromatic carbocycles. The summed E-state index contributed by atoms with van der Waals surface area (Å²) in [5.41, 5.74) is 4.17. The number of hydrogen-bond acceptors (Lipinski definition) is 14. The van der Waals surface area contributed by atoms with E-state index in [-0.39, 0.29) is 69.4 Å². The number of aromatic carboxylic acids is 2. The van der Waals surface area contributed by atoms with Gasteiger partial charge in [0.05, 0.1) is 24.3 Å². The predicted octanol–water partition coefficient (Wildman–Crippen LogP) is 4.34. The van der Waals surface area contributed by atoms with Crippen molar-refractivity contribution in [3.63, 3.8) is 0 Å². The molecule has 0 unspecified atom stereocenters. The number of fused-ring (bicyclic) bond motifs is 1. The van der Waals surface area contributed by atoms with Gasteiger partial charge in [0.25, 0.3) is 10.1 Å². The van der Waals surface area contributed by atoms with Gasteiger partial charge in [0, 0.05) is 23.2 Å². The number of hydrogen-bond donors (Lipinski definition) is 7. The third-order valence-corrected chi connectivity index (χ3v) is 6.96. The monoisotopic (exact) mass is 655 g/mol. The molecule has 4 rings (SSSR count). The van der Waals surface area contributed by atoms with Gasteiger partial charge in [-0.05, 0) is 41.8 Å². The van der Waals surface area contributed by atoms with E-state index in [0.29, 0.717) is 0 Å². The summed E-state index contributed by atoms with van der Waals surface area (Å²) in [6.07, 6.45) is 0. The van der Waals surface area contributed by atoms with Crippen LogP contribution in [0, 0.1) is 0 Å². The highest BCUT2D eigenvalue weighted by Gasteiger charge is 2.23. The molecule has 0 aliphatic rings. The van der Waals surface area contributed by atoms with Crippen molar-refractivity contribution in [2.24, 2.45) is 20.5 Å². The van der Waals surface area contributed by atoms with Crippen LogP contribution >= 0.6 is 0 Å². The van der Waals surface area contributed by atoms with Crippen LogP contribution in [0.25, 0.3) is 10.8 Å². The Balaban J connectivity index is 1.89. The fourth-order valence-corrected chi connectivity index (χ4v) is 4.69. The summed E-state index contributed by atoms with van der Waals surface area (Å²) >= 11 is 0. The Morgan fingerprint density at radius 3 is 1.89 bits per heavy atom. The molecule has 0 bridgehead atoms. The number of azo groups is 2. The maximum atomic E-state index is 12.2. The van der Waals surface area contributed by atoms with E-state index < -0.39 is 51.6 Å². The fraction of sp³-hybridized carbons (Fsp3) is 0.143. The number of carboxylic acid groups (broad SMARTS) is 2. The number of nitrogens with zero attached hydrogens (tertiary/aromatic N) is 4. The molecule has 0 aromatic heterocycles. The Labute approximate surface area is 259 Å². The second-order valence-corrected chi connectivity index (χ2v) is 10.6. The molecule has 0 heterocycles. The second kappa shape index (κ2) is 13.9. The molecule has 0 saturated heterocycles. The van der Waals surface area contributed by atoms with Gasteiger partial charge in [0.15, 0.2) is 5.75 Å². The Morgan fingerprint density at radius 1 is 0.761 bits per heavy atom. The molecule has 4 aromatic rings. The zero-order chi connectivity index (χ0) is 33.6. The number of nitrogen functional groups attached to an aromatic ring is 1. The Hall–Kier alpha value is -5.69. The van der Waals surface area contributed by atoms with Crippen molar-refractivity contribution in [3.8, 4) is 17.2 Å². The molecule has 0 atom stereocenters. The highest BCUT2D eigenvalue weighted by atomic mass is 32.2. The van der Waals surface area contributed by atoms with Crippen LogP contribution in [-0.4, -0.2) is 76.9 Å². The Kier molecular flexibility index (Phi) is 10.1. The lowest BCUT2D eigenvalue weighted by Gasteiger charge is -2.13. The number of aliphatic hydroxyl groups excluding tert-OH is 2. The van der Waals surface area contributed by atoms with E-state index in [1.54, 1.807) is 0 Å². The molecular weight excluding hydrogens is 630 g/mol. The zero-order valence-corrected chi connectivity index (χ0v) is 24.2. The lowest BCUT2D eigenvalue weighted by atomic mass is 10.1. The molecule has 8 N–H and O–H groups in total. The van der Waals surface area contributed by atoms with Crippen LogP contribution in [0.2, 0.25) is 0 Å². The fourth-order valence-electron chi connectivity index (χ4n) is 4.03. The number of phenolic OH excluding ortho intramolecular Hbond substituents is 1. The number of ether oxygens (including phenoxy) is 2. The van der Waals surface area contributed by atoms with E-state index in [4.69, 9.17) is 15.2 Å². The van der Waals surface area contributed by atoms with E-state index in [0.717, 1.165) is 24.3 Å². The number of nitrogens with two attached hydrogens (primary N) is 1. The summed E-state index contributed by atoms with van der Waals surface area (Å²) in [7, 11) is -4.93. The summed E-state index contributed by atoms with van der Waals surface area (Å²) in [5, 5.41) is 64.4. The van der Waals surface area contributed by atoms with Crippen LogP contribution in [0.3, 0.4) is 0 Å². The van der Waals surface area contributed by atoms with Gasteiger partial charge in [-0.3, -0.25) is 4.55 Å². The molecule has 0 aliphatic heterocycles. The summed E-state index contributed by atoms with van der Waals surface area (Å²) in [6, 6.07) is 10.8. The summed E-state index contributed by atoms with van der Waals surface area (Å²) in [6.45, 7) is -1.47. The van der Waals surface area contributed by atoms with Gasteiger partial charge < -0.3 is 40.7 Å². The van der Waals surface area contributed by atoms with Crippen molar-refractivity contribution in [1.29, 1.82) is 0 Å². The highest BCUT2D eigenvalue weighted by molar-refractivity contribution is 7.86. The summed E-state index contributed by atoms with van der Waals surface area (Å²) in [4.78, 5) is 22.3. The first kappa shape index (κ1) is 33.2. The molecule has 0 amide bonds. The number of carboxylic acids is 2. The van der Waals surface area contributed by atoms with E-state index in [9.17, 15) is 48.1 Å². The van der Waals surface area contributed by atoms with Crippen molar-refractivity contribution < 1.29 is 57.6 Å². The minimum Gasteiger partial charge on any atom is -0.505 e. The number of aromatic hydroxyl groups is 1. The first-order valence-electron chi connectivity index (χ1n) is 13.0. The second-order valence-electron chi connectivity index (χ2n) is 9.20. The third kappa shape index (κ3) is 7.50. The topological polar surface area (TPSA) is 284 Å². The number of benzene rings is 4. The summed E-state index contributed by atoms with van der Waals surface area (Å²) < 4.78 is 45.3.